The van der Waals surface area contributed by atoms with Gasteiger partial charge < -0.3 is 14.4 Å². The molecule has 0 unspecified atom stereocenters. The van der Waals surface area contributed by atoms with Gasteiger partial charge in [-0.2, -0.15) is 5.26 Å². The Balaban J connectivity index is 1.82. The van der Waals surface area contributed by atoms with Crippen molar-refractivity contribution in [3.8, 4) is 6.07 Å². The quantitative estimate of drug-likeness (QED) is 0.835. The summed E-state index contributed by atoms with van der Waals surface area (Å²) >= 11 is 0. The third kappa shape index (κ3) is 2.63. The van der Waals surface area contributed by atoms with Crippen LogP contribution in [0.25, 0.3) is 10.9 Å². The molecule has 2 heterocycles. The van der Waals surface area contributed by atoms with E-state index in [2.05, 4.69) is 13.1 Å². The molecule has 1 aromatic carbocycles. The van der Waals surface area contributed by atoms with E-state index < -0.39 is 0 Å². The molecular formula is C16H19N4O+. The summed E-state index contributed by atoms with van der Waals surface area (Å²) in [6.45, 7) is 3.94. The molecular weight excluding hydrogens is 264 g/mol. The second kappa shape index (κ2) is 5.58. The molecule has 1 N–H and O–H groups in total. The van der Waals surface area contributed by atoms with Gasteiger partial charge in [-0.3, -0.25) is 4.79 Å². The van der Waals surface area contributed by atoms with E-state index in [9.17, 15) is 10.1 Å². The third-order valence-electron chi connectivity index (χ3n) is 4.18. The zero-order chi connectivity index (χ0) is 14.8. The lowest BCUT2D eigenvalue weighted by molar-refractivity contribution is -0.883. The van der Waals surface area contributed by atoms with E-state index in [0.29, 0.717) is 12.1 Å². The van der Waals surface area contributed by atoms with Crippen molar-refractivity contribution >= 4 is 16.8 Å². The average molecular weight is 283 g/mol. The van der Waals surface area contributed by atoms with Gasteiger partial charge in [-0.15, -0.1) is 0 Å². The maximum absolute atomic E-state index is 12.4. The largest absolute Gasteiger partial charge is 0.337 e. The summed E-state index contributed by atoms with van der Waals surface area (Å²) in [6.07, 6.45) is 1.78. The smallest absolute Gasteiger partial charge is 0.242 e. The fourth-order valence-electron chi connectivity index (χ4n) is 2.85. The number of nitrogens with one attached hydrogen (secondary N) is 1. The van der Waals surface area contributed by atoms with Gasteiger partial charge in [0.05, 0.1) is 38.8 Å². The predicted octanol–water partition coefficient (Wildman–Crippen LogP) is -0.130. The fourth-order valence-corrected chi connectivity index (χ4v) is 2.85. The van der Waals surface area contributed by atoms with Crippen molar-refractivity contribution in [2.24, 2.45) is 0 Å². The SMILES string of the molecule is C[NH+]1CCN(C(=O)Cn2cc(C#N)c3ccccc32)CC1. The first kappa shape index (κ1) is 13.7. The van der Waals surface area contributed by atoms with Crippen molar-refractivity contribution in [1.82, 2.24) is 9.47 Å². The van der Waals surface area contributed by atoms with Crippen molar-refractivity contribution in [2.75, 3.05) is 33.2 Å². The maximum Gasteiger partial charge on any atom is 0.242 e. The highest BCUT2D eigenvalue weighted by Crippen LogP contribution is 2.20. The second-order valence-corrected chi connectivity index (χ2v) is 5.64. The van der Waals surface area contributed by atoms with Crippen molar-refractivity contribution in [2.45, 2.75) is 6.54 Å². The highest BCUT2D eigenvalue weighted by Gasteiger charge is 2.22. The van der Waals surface area contributed by atoms with Crippen LogP contribution in [0.4, 0.5) is 0 Å². The molecule has 1 aliphatic heterocycles. The van der Waals surface area contributed by atoms with Gasteiger partial charge in [-0.1, -0.05) is 18.2 Å². The van der Waals surface area contributed by atoms with E-state index >= 15 is 0 Å². The summed E-state index contributed by atoms with van der Waals surface area (Å²) in [5.41, 5.74) is 1.57. The van der Waals surface area contributed by atoms with E-state index in [1.54, 1.807) is 6.20 Å². The molecule has 5 heteroatoms. The molecule has 0 spiro atoms. The number of benzene rings is 1. The molecule has 108 valence electrons. The number of carbonyl (C=O) groups excluding carboxylic acids is 1. The van der Waals surface area contributed by atoms with Crippen molar-refractivity contribution in [3.63, 3.8) is 0 Å². The van der Waals surface area contributed by atoms with Gasteiger partial charge >= 0.3 is 0 Å². The number of amides is 1. The van der Waals surface area contributed by atoms with Crippen LogP contribution in [0.15, 0.2) is 30.5 Å². The number of nitrogens with zero attached hydrogens (tertiary/aromatic N) is 3. The first-order valence-electron chi connectivity index (χ1n) is 7.26. The number of carbonyl (C=O) groups is 1. The minimum atomic E-state index is 0.132. The number of rotatable bonds is 2. The number of hydrogen-bond acceptors (Lipinski definition) is 2. The number of aromatic nitrogens is 1. The van der Waals surface area contributed by atoms with Crippen LogP contribution in [0.3, 0.4) is 0 Å². The van der Waals surface area contributed by atoms with Crippen molar-refractivity contribution in [3.05, 3.63) is 36.0 Å². The number of para-hydroxylation sites is 1. The topological polar surface area (TPSA) is 53.5 Å². The average Bonchev–Trinajstić information content (AvgIpc) is 2.86. The zero-order valence-electron chi connectivity index (χ0n) is 12.2. The maximum atomic E-state index is 12.4. The molecule has 3 rings (SSSR count). The molecule has 0 saturated carbocycles. The molecule has 1 aliphatic rings. The molecule has 1 saturated heterocycles. The summed E-state index contributed by atoms with van der Waals surface area (Å²) < 4.78 is 1.89. The lowest BCUT2D eigenvalue weighted by atomic mass is 10.2. The number of fused-ring (bicyclic) bond motifs is 1. The van der Waals surface area contributed by atoms with Gasteiger partial charge in [0.1, 0.15) is 12.6 Å². The van der Waals surface area contributed by atoms with Crippen LogP contribution in [0.2, 0.25) is 0 Å². The first-order chi connectivity index (χ1) is 10.2. The molecule has 0 aliphatic carbocycles. The summed E-state index contributed by atoms with van der Waals surface area (Å²) in [7, 11) is 2.15. The normalized spacial score (nSPS) is 16.1. The van der Waals surface area contributed by atoms with Gasteiger partial charge in [0, 0.05) is 17.1 Å². The number of quaternary nitrogens is 1. The summed E-state index contributed by atoms with van der Waals surface area (Å²) in [6, 6.07) is 9.93. The fraction of sp³-hybridized carbons (Fsp3) is 0.375. The highest BCUT2D eigenvalue weighted by atomic mass is 16.2. The van der Waals surface area contributed by atoms with Gasteiger partial charge in [0.25, 0.3) is 0 Å². The van der Waals surface area contributed by atoms with Crippen LogP contribution >= 0.6 is 0 Å². The van der Waals surface area contributed by atoms with E-state index in [4.69, 9.17) is 0 Å². The summed E-state index contributed by atoms with van der Waals surface area (Å²) in [5.74, 6) is 0.132. The summed E-state index contributed by atoms with van der Waals surface area (Å²) in [4.78, 5) is 15.8. The van der Waals surface area contributed by atoms with Crippen LogP contribution in [-0.4, -0.2) is 48.6 Å². The van der Waals surface area contributed by atoms with E-state index in [1.165, 1.54) is 4.90 Å². The Morgan fingerprint density at radius 1 is 1.33 bits per heavy atom. The Morgan fingerprint density at radius 3 is 2.76 bits per heavy atom. The zero-order valence-corrected chi connectivity index (χ0v) is 12.2. The Labute approximate surface area is 124 Å². The van der Waals surface area contributed by atoms with E-state index in [-0.39, 0.29) is 5.91 Å². The Hall–Kier alpha value is -2.32. The monoisotopic (exact) mass is 283 g/mol. The molecule has 0 atom stereocenters. The Morgan fingerprint density at radius 2 is 2.05 bits per heavy atom. The minimum absolute atomic E-state index is 0.132. The lowest BCUT2D eigenvalue weighted by Crippen LogP contribution is -3.12. The summed E-state index contributed by atoms with van der Waals surface area (Å²) in [5, 5.41) is 10.1. The molecule has 0 radical (unpaired) electrons. The molecule has 2 aromatic rings. The lowest BCUT2D eigenvalue weighted by Gasteiger charge is -2.30. The van der Waals surface area contributed by atoms with Crippen LogP contribution < -0.4 is 4.90 Å². The third-order valence-corrected chi connectivity index (χ3v) is 4.18. The van der Waals surface area contributed by atoms with Crippen molar-refractivity contribution < 1.29 is 9.69 Å². The van der Waals surface area contributed by atoms with Crippen LogP contribution in [0.5, 0.6) is 0 Å². The standard InChI is InChI=1S/C16H18N4O/c1-18-6-8-19(9-7-18)16(21)12-20-11-13(10-17)14-4-2-3-5-15(14)20/h2-5,11H,6-9,12H2,1H3/p+1. The van der Waals surface area contributed by atoms with Crippen LogP contribution in [0, 0.1) is 11.3 Å². The Kier molecular flexibility index (Phi) is 3.63. The number of nitriles is 1. The number of piperazine rings is 1. The van der Waals surface area contributed by atoms with Gasteiger partial charge in [-0.25, -0.2) is 0 Å². The molecule has 21 heavy (non-hydrogen) atoms. The van der Waals surface area contributed by atoms with Gasteiger partial charge in [0.15, 0.2) is 0 Å². The predicted molar refractivity (Wildman–Crippen MR) is 79.9 cm³/mol. The van der Waals surface area contributed by atoms with E-state index in [1.807, 2.05) is 33.7 Å². The van der Waals surface area contributed by atoms with Gasteiger partial charge in [-0.05, 0) is 6.07 Å². The molecule has 5 nitrogen and oxygen atoms in total. The van der Waals surface area contributed by atoms with Crippen LogP contribution in [0.1, 0.15) is 5.56 Å². The molecule has 0 bridgehead atoms. The van der Waals surface area contributed by atoms with Crippen LogP contribution in [-0.2, 0) is 11.3 Å². The molecule has 1 aromatic heterocycles. The van der Waals surface area contributed by atoms with Gasteiger partial charge in [0.2, 0.25) is 5.91 Å². The Bertz CT molecular complexity index is 705. The minimum Gasteiger partial charge on any atom is -0.337 e. The molecule has 1 amide bonds. The first-order valence-corrected chi connectivity index (χ1v) is 7.26. The highest BCUT2D eigenvalue weighted by molar-refractivity contribution is 5.88. The number of hydrogen-bond donors (Lipinski definition) is 1. The molecule has 1 fully saturated rings. The number of likely N-dealkylation sites (N-methyl/N-ethyl adjacent to an activating group) is 1. The second-order valence-electron chi connectivity index (χ2n) is 5.64. The van der Waals surface area contributed by atoms with Crippen molar-refractivity contribution in [1.29, 1.82) is 5.26 Å². The van der Waals surface area contributed by atoms with E-state index in [0.717, 1.165) is 37.1 Å².